The summed E-state index contributed by atoms with van der Waals surface area (Å²) < 4.78 is 0. The van der Waals surface area contributed by atoms with Crippen molar-refractivity contribution in [1.82, 2.24) is 5.32 Å². The van der Waals surface area contributed by atoms with E-state index in [1.165, 1.54) is 17.7 Å². The lowest BCUT2D eigenvalue weighted by molar-refractivity contribution is 0.0696. The first-order valence-corrected chi connectivity index (χ1v) is 7.71. The Balaban J connectivity index is 1.68. The molecule has 1 unspecified atom stereocenters. The van der Waals surface area contributed by atoms with Crippen molar-refractivity contribution in [2.75, 3.05) is 0 Å². The van der Waals surface area contributed by atoms with Gasteiger partial charge in [0.1, 0.15) is 0 Å². The van der Waals surface area contributed by atoms with Crippen LogP contribution in [0.5, 0.6) is 0 Å². The largest absolute Gasteiger partial charge is 0.478 e. The number of carboxylic acids is 1. The van der Waals surface area contributed by atoms with Crippen LogP contribution in [0.3, 0.4) is 0 Å². The van der Waals surface area contributed by atoms with Gasteiger partial charge in [-0.25, -0.2) is 4.79 Å². The first kappa shape index (κ1) is 13.3. The SMILES string of the molecule is O=C(O)c1cccc(CNC(c2cccs2)C2CC2)c1. The lowest BCUT2D eigenvalue weighted by Gasteiger charge is -2.17. The normalized spacial score (nSPS) is 16.0. The summed E-state index contributed by atoms with van der Waals surface area (Å²) in [6.45, 7) is 0.709. The van der Waals surface area contributed by atoms with E-state index in [2.05, 4.69) is 22.8 Å². The zero-order chi connectivity index (χ0) is 13.9. The molecule has 0 spiro atoms. The molecule has 1 heterocycles. The monoisotopic (exact) mass is 287 g/mol. The summed E-state index contributed by atoms with van der Waals surface area (Å²) >= 11 is 1.79. The minimum absolute atomic E-state index is 0.350. The Hall–Kier alpha value is -1.65. The maximum absolute atomic E-state index is 11.0. The standard InChI is InChI=1S/C16H17NO2S/c18-16(19)13-4-1-3-11(9-13)10-17-15(12-6-7-12)14-5-2-8-20-14/h1-5,8-9,12,15,17H,6-7,10H2,(H,18,19). The summed E-state index contributed by atoms with van der Waals surface area (Å²) in [7, 11) is 0. The summed E-state index contributed by atoms with van der Waals surface area (Å²) in [5.74, 6) is -0.139. The molecule has 3 rings (SSSR count). The summed E-state index contributed by atoms with van der Waals surface area (Å²) in [5, 5.41) is 14.7. The smallest absolute Gasteiger partial charge is 0.335 e. The first-order chi connectivity index (χ1) is 9.74. The molecule has 0 radical (unpaired) electrons. The van der Waals surface area contributed by atoms with Gasteiger partial charge in [0.2, 0.25) is 0 Å². The third-order valence-corrected chi connectivity index (χ3v) is 4.60. The second-order valence-electron chi connectivity index (χ2n) is 5.22. The molecule has 2 aromatic rings. The Morgan fingerprint density at radius 2 is 2.20 bits per heavy atom. The molecule has 0 amide bonds. The molecule has 1 aliphatic rings. The number of nitrogens with one attached hydrogen (secondary N) is 1. The molecule has 104 valence electrons. The molecule has 1 saturated carbocycles. The van der Waals surface area contributed by atoms with Crippen molar-refractivity contribution < 1.29 is 9.90 Å². The van der Waals surface area contributed by atoms with Gasteiger partial charge in [-0.1, -0.05) is 18.2 Å². The third kappa shape index (κ3) is 3.08. The number of carbonyl (C=O) groups is 1. The minimum atomic E-state index is -0.871. The molecule has 1 aromatic heterocycles. The van der Waals surface area contributed by atoms with Crippen LogP contribution in [-0.2, 0) is 6.54 Å². The van der Waals surface area contributed by atoms with Crippen LogP contribution < -0.4 is 5.32 Å². The highest BCUT2D eigenvalue weighted by Crippen LogP contribution is 2.42. The second kappa shape index (κ2) is 5.77. The number of thiophene rings is 1. The fraction of sp³-hybridized carbons (Fsp3) is 0.312. The average molecular weight is 287 g/mol. The first-order valence-electron chi connectivity index (χ1n) is 6.83. The van der Waals surface area contributed by atoms with Gasteiger partial charge >= 0.3 is 5.97 Å². The fourth-order valence-electron chi connectivity index (χ4n) is 2.44. The molecule has 4 heteroatoms. The van der Waals surface area contributed by atoms with Crippen molar-refractivity contribution in [2.24, 2.45) is 5.92 Å². The van der Waals surface area contributed by atoms with E-state index in [-0.39, 0.29) is 0 Å². The molecule has 1 atom stereocenters. The Bertz CT molecular complexity index is 590. The Kier molecular flexibility index (Phi) is 3.85. The zero-order valence-electron chi connectivity index (χ0n) is 11.1. The van der Waals surface area contributed by atoms with Crippen LogP contribution in [0.2, 0.25) is 0 Å². The molecule has 1 aromatic carbocycles. The van der Waals surface area contributed by atoms with Crippen LogP contribution >= 0.6 is 11.3 Å². The van der Waals surface area contributed by atoms with Crippen molar-refractivity contribution in [2.45, 2.75) is 25.4 Å². The number of carboxylic acid groups (broad SMARTS) is 1. The van der Waals surface area contributed by atoms with E-state index in [1.807, 2.05) is 6.07 Å². The van der Waals surface area contributed by atoms with Crippen LogP contribution in [0.25, 0.3) is 0 Å². The highest BCUT2D eigenvalue weighted by molar-refractivity contribution is 7.10. The van der Waals surface area contributed by atoms with Gasteiger partial charge in [-0.2, -0.15) is 0 Å². The molecule has 3 nitrogen and oxygen atoms in total. The number of hydrogen-bond acceptors (Lipinski definition) is 3. The second-order valence-corrected chi connectivity index (χ2v) is 6.20. The van der Waals surface area contributed by atoms with Gasteiger partial charge in [-0.05, 0) is 47.9 Å². The van der Waals surface area contributed by atoms with E-state index < -0.39 is 5.97 Å². The van der Waals surface area contributed by atoms with Crippen LogP contribution in [0.4, 0.5) is 0 Å². The van der Waals surface area contributed by atoms with E-state index in [9.17, 15) is 4.79 Å². The van der Waals surface area contributed by atoms with Crippen LogP contribution in [0.15, 0.2) is 41.8 Å². The Labute approximate surface area is 122 Å². The van der Waals surface area contributed by atoms with E-state index >= 15 is 0 Å². The van der Waals surface area contributed by atoms with Gasteiger partial charge in [0, 0.05) is 17.5 Å². The molecule has 0 aliphatic heterocycles. The van der Waals surface area contributed by atoms with E-state index in [0.29, 0.717) is 18.2 Å². The van der Waals surface area contributed by atoms with Crippen LogP contribution in [-0.4, -0.2) is 11.1 Å². The Morgan fingerprint density at radius 1 is 1.35 bits per heavy atom. The van der Waals surface area contributed by atoms with E-state index in [4.69, 9.17) is 5.11 Å². The maximum atomic E-state index is 11.0. The predicted octanol–water partition coefficient (Wildman–Crippen LogP) is 3.69. The van der Waals surface area contributed by atoms with Crippen molar-refractivity contribution >= 4 is 17.3 Å². The molecule has 20 heavy (non-hydrogen) atoms. The lowest BCUT2D eigenvalue weighted by Crippen LogP contribution is -2.22. The molecule has 1 aliphatic carbocycles. The van der Waals surface area contributed by atoms with Crippen molar-refractivity contribution in [1.29, 1.82) is 0 Å². The molecule has 0 bridgehead atoms. The van der Waals surface area contributed by atoms with Gasteiger partial charge in [0.05, 0.1) is 5.56 Å². The summed E-state index contributed by atoms with van der Waals surface area (Å²) in [6.07, 6.45) is 2.56. The molecule has 2 N–H and O–H groups in total. The van der Waals surface area contributed by atoms with Gasteiger partial charge < -0.3 is 10.4 Å². The van der Waals surface area contributed by atoms with Crippen molar-refractivity contribution in [3.05, 3.63) is 57.8 Å². The van der Waals surface area contributed by atoms with Crippen molar-refractivity contribution in [3.63, 3.8) is 0 Å². The highest BCUT2D eigenvalue weighted by Gasteiger charge is 2.32. The summed E-state index contributed by atoms with van der Waals surface area (Å²) in [5.41, 5.74) is 1.37. The predicted molar refractivity (Wildman–Crippen MR) is 80.0 cm³/mol. The van der Waals surface area contributed by atoms with Gasteiger partial charge in [0.15, 0.2) is 0 Å². The molecular formula is C16H17NO2S. The van der Waals surface area contributed by atoms with Gasteiger partial charge in [-0.3, -0.25) is 0 Å². The molecular weight excluding hydrogens is 270 g/mol. The number of aromatic carboxylic acids is 1. The quantitative estimate of drug-likeness (QED) is 0.852. The molecule has 1 fully saturated rings. The Morgan fingerprint density at radius 3 is 2.85 bits per heavy atom. The summed E-state index contributed by atoms with van der Waals surface area (Å²) in [4.78, 5) is 12.4. The van der Waals surface area contributed by atoms with Crippen LogP contribution in [0.1, 0.15) is 39.7 Å². The van der Waals surface area contributed by atoms with E-state index in [0.717, 1.165) is 11.5 Å². The number of rotatable bonds is 6. The van der Waals surface area contributed by atoms with Gasteiger partial charge in [0.25, 0.3) is 0 Å². The summed E-state index contributed by atoms with van der Waals surface area (Å²) in [6, 6.07) is 11.8. The zero-order valence-corrected chi connectivity index (χ0v) is 11.9. The highest BCUT2D eigenvalue weighted by atomic mass is 32.1. The average Bonchev–Trinajstić information content (AvgIpc) is 3.14. The maximum Gasteiger partial charge on any atom is 0.335 e. The van der Waals surface area contributed by atoms with Gasteiger partial charge in [-0.15, -0.1) is 11.3 Å². The van der Waals surface area contributed by atoms with E-state index in [1.54, 1.807) is 29.5 Å². The topological polar surface area (TPSA) is 49.3 Å². The van der Waals surface area contributed by atoms with Crippen LogP contribution in [0, 0.1) is 5.92 Å². The molecule has 0 saturated heterocycles. The lowest BCUT2D eigenvalue weighted by atomic mass is 10.1. The minimum Gasteiger partial charge on any atom is -0.478 e. The number of benzene rings is 1. The number of hydrogen-bond donors (Lipinski definition) is 2. The third-order valence-electron chi connectivity index (χ3n) is 3.64. The van der Waals surface area contributed by atoms with Crippen molar-refractivity contribution in [3.8, 4) is 0 Å². The fourth-order valence-corrected chi connectivity index (χ4v) is 3.33.